The summed E-state index contributed by atoms with van der Waals surface area (Å²) in [5.74, 6) is -0.100. The van der Waals surface area contributed by atoms with E-state index in [9.17, 15) is 14.8 Å². The number of anilines is 1. The summed E-state index contributed by atoms with van der Waals surface area (Å²) < 4.78 is 6.59. The van der Waals surface area contributed by atoms with E-state index in [2.05, 4.69) is 32.1 Å². The molecule has 0 spiro atoms. The zero-order valence-corrected chi connectivity index (χ0v) is 18.3. The number of pyridine rings is 1. The smallest absolute Gasteiger partial charge is 0.258 e. The molecule has 1 aliphatic heterocycles. The van der Waals surface area contributed by atoms with Gasteiger partial charge in [0.1, 0.15) is 18.0 Å². The number of rotatable bonds is 6. The lowest BCUT2D eigenvalue weighted by molar-refractivity contribution is -0.672. The SMILES string of the molecule is COc1ccc(N2CCN(CCCn3n[n+]([O-])c4c3C(=O)c3cccnc3C4=O)CC2)cc1. The number of fused-ring (bicyclic) bond motifs is 2. The molecule has 33 heavy (non-hydrogen) atoms. The highest BCUT2D eigenvalue weighted by Crippen LogP contribution is 2.24. The predicted octanol–water partition coefficient (Wildman–Crippen LogP) is 0.908. The number of hydrogen-bond acceptors (Lipinski definition) is 8. The van der Waals surface area contributed by atoms with E-state index in [1.54, 1.807) is 19.2 Å². The summed E-state index contributed by atoms with van der Waals surface area (Å²) in [7, 11) is 1.66. The molecule has 0 N–H and O–H groups in total. The largest absolute Gasteiger partial charge is 0.691 e. The maximum absolute atomic E-state index is 12.9. The van der Waals surface area contributed by atoms with Gasteiger partial charge in [-0.3, -0.25) is 19.5 Å². The maximum Gasteiger partial charge on any atom is 0.258 e. The van der Waals surface area contributed by atoms with E-state index in [0.717, 1.165) is 38.5 Å². The second-order valence-corrected chi connectivity index (χ2v) is 8.12. The molecule has 3 heterocycles. The molecule has 2 aliphatic rings. The molecule has 0 unspecified atom stereocenters. The molecule has 2 aromatic heterocycles. The van der Waals surface area contributed by atoms with Gasteiger partial charge < -0.3 is 14.8 Å². The van der Waals surface area contributed by atoms with Crippen molar-refractivity contribution < 1.29 is 19.2 Å². The number of hydrogen-bond donors (Lipinski definition) is 0. The standard InChI is InChI=1S/C23H24N6O4/c1-33-17-7-5-16(6-8-17)27-14-12-26(13-15-27)10-3-11-28-20-21(29(32)25-28)23(31)19-18(22(20)30)4-2-9-24-19/h2,4-9H,3,10-15H2,1H3. The molecule has 0 bridgehead atoms. The van der Waals surface area contributed by atoms with Crippen LogP contribution in [0.15, 0.2) is 42.6 Å². The van der Waals surface area contributed by atoms with E-state index in [0.29, 0.717) is 13.0 Å². The van der Waals surface area contributed by atoms with Crippen molar-refractivity contribution in [2.45, 2.75) is 13.0 Å². The van der Waals surface area contributed by atoms with Crippen LogP contribution in [0.3, 0.4) is 0 Å². The van der Waals surface area contributed by atoms with Gasteiger partial charge in [0, 0.05) is 51.0 Å². The van der Waals surface area contributed by atoms with Crippen molar-refractivity contribution in [2.75, 3.05) is 44.7 Å². The van der Waals surface area contributed by atoms with Gasteiger partial charge in [0.15, 0.2) is 0 Å². The van der Waals surface area contributed by atoms with Crippen LogP contribution in [0.5, 0.6) is 5.75 Å². The Labute approximate surface area is 190 Å². The minimum absolute atomic E-state index is 0.00822. The van der Waals surface area contributed by atoms with Crippen molar-refractivity contribution in [3.05, 3.63) is 70.4 Å². The summed E-state index contributed by atoms with van der Waals surface area (Å²) >= 11 is 0. The van der Waals surface area contributed by atoms with Gasteiger partial charge in [-0.05, 0) is 36.4 Å². The molecule has 1 fully saturated rings. The van der Waals surface area contributed by atoms with Crippen LogP contribution in [0, 0.1) is 5.21 Å². The number of piperazine rings is 1. The number of nitrogens with zero attached hydrogens (tertiary/aromatic N) is 6. The van der Waals surface area contributed by atoms with Crippen LogP contribution in [0.1, 0.15) is 38.7 Å². The summed E-state index contributed by atoms with van der Waals surface area (Å²) in [6.07, 6.45) is 2.14. The first-order chi connectivity index (χ1) is 16.1. The predicted molar refractivity (Wildman–Crippen MR) is 119 cm³/mol. The first-order valence-corrected chi connectivity index (χ1v) is 10.9. The lowest BCUT2D eigenvalue weighted by Crippen LogP contribution is -2.46. The van der Waals surface area contributed by atoms with Gasteiger partial charge in [-0.1, -0.05) is 0 Å². The lowest BCUT2D eigenvalue weighted by atomic mass is 9.94. The second-order valence-electron chi connectivity index (χ2n) is 8.12. The Kier molecular flexibility index (Phi) is 5.51. The maximum atomic E-state index is 12.9. The number of aromatic nitrogens is 4. The van der Waals surface area contributed by atoms with Crippen LogP contribution < -0.4 is 14.5 Å². The van der Waals surface area contributed by atoms with Crippen LogP contribution in [0.25, 0.3) is 0 Å². The van der Waals surface area contributed by atoms with Crippen molar-refractivity contribution in [2.24, 2.45) is 0 Å². The van der Waals surface area contributed by atoms with Crippen LogP contribution in [0.4, 0.5) is 5.69 Å². The fraction of sp³-hybridized carbons (Fsp3) is 0.348. The highest BCUT2D eigenvalue weighted by atomic mass is 16.5. The van der Waals surface area contributed by atoms with Crippen LogP contribution in [-0.2, 0) is 6.54 Å². The molecule has 10 heteroatoms. The van der Waals surface area contributed by atoms with E-state index >= 15 is 0 Å². The van der Waals surface area contributed by atoms with Crippen molar-refractivity contribution in [3.63, 3.8) is 0 Å². The van der Waals surface area contributed by atoms with Crippen molar-refractivity contribution >= 4 is 17.3 Å². The summed E-state index contributed by atoms with van der Waals surface area (Å²) in [4.78, 5) is 34.6. The molecule has 0 radical (unpaired) electrons. The number of methoxy groups -OCH3 is 1. The van der Waals surface area contributed by atoms with Crippen molar-refractivity contribution in [1.82, 2.24) is 19.8 Å². The number of carbonyl (C=O) groups excluding carboxylic acids is 2. The van der Waals surface area contributed by atoms with Crippen molar-refractivity contribution in [1.29, 1.82) is 0 Å². The van der Waals surface area contributed by atoms with Crippen LogP contribution in [-0.4, -0.2) is 71.2 Å². The summed E-state index contributed by atoms with van der Waals surface area (Å²) in [6.45, 7) is 4.86. The molecular formula is C23H24N6O4. The Hall–Kier alpha value is -3.79. The topological polar surface area (TPSA) is 108 Å². The lowest BCUT2D eigenvalue weighted by Gasteiger charge is -2.36. The molecule has 3 aromatic rings. The average molecular weight is 448 g/mol. The molecule has 1 saturated heterocycles. The zero-order chi connectivity index (χ0) is 22.9. The first-order valence-electron chi connectivity index (χ1n) is 10.9. The molecular weight excluding hydrogens is 424 g/mol. The third-order valence-corrected chi connectivity index (χ3v) is 6.21. The fourth-order valence-corrected chi connectivity index (χ4v) is 4.45. The van der Waals surface area contributed by atoms with E-state index in [1.165, 1.54) is 16.6 Å². The van der Waals surface area contributed by atoms with Crippen molar-refractivity contribution in [3.8, 4) is 5.75 Å². The summed E-state index contributed by atoms with van der Waals surface area (Å²) in [5.41, 5.74) is 1.22. The van der Waals surface area contributed by atoms with Gasteiger partial charge in [0.2, 0.25) is 5.78 Å². The van der Waals surface area contributed by atoms with Gasteiger partial charge in [-0.15, -0.1) is 9.53 Å². The zero-order valence-electron chi connectivity index (χ0n) is 18.3. The molecule has 0 amide bonds. The number of ketones is 2. The minimum Gasteiger partial charge on any atom is -0.691 e. The summed E-state index contributed by atoms with van der Waals surface area (Å²) in [6, 6.07) is 11.2. The Morgan fingerprint density at radius 1 is 1.03 bits per heavy atom. The second kappa shape index (κ2) is 8.62. The van der Waals surface area contributed by atoms with Crippen LogP contribution >= 0.6 is 0 Å². The third kappa shape index (κ3) is 3.82. The normalized spacial score (nSPS) is 16.0. The Morgan fingerprint density at radius 2 is 1.79 bits per heavy atom. The number of ether oxygens (including phenoxy) is 1. The van der Waals surface area contributed by atoms with Gasteiger partial charge in [0.05, 0.1) is 17.9 Å². The van der Waals surface area contributed by atoms with E-state index in [1.807, 2.05) is 12.1 Å². The molecule has 1 aliphatic carbocycles. The van der Waals surface area contributed by atoms with E-state index in [4.69, 9.17) is 4.74 Å². The number of aryl methyl sites for hydroxylation is 1. The van der Waals surface area contributed by atoms with Gasteiger partial charge in [-0.2, -0.15) is 0 Å². The van der Waals surface area contributed by atoms with Crippen LogP contribution in [0.2, 0.25) is 0 Å². The highest BCUT2D eigenvalue weighted by Gasteiger charge is 2.42. The highest BCUT2D eigenvalue weighted by molar-refractivity contribution is 6.25. The quantitative estimate of drug-likeness (QED) is 0.316. The molecule has 1 aromatic carbocycles. The third-order valence-electron chi connectivity index (χ3n) is 6.21. The minimum atomic E-state index is -0.559. The Balaban J connectivity index is 1.20. The van der Waals surface area contributed by atoms with E-state index < -0.39 is 5.78 Å². The molecule has 0 saturated carbocycles. The summed E-state index contributed by atoms with van der Waals surface area (Å²) in [5, 5.41) is 16.2. The molecule has 5 rings (SSSR count). The average Bonchev–Trinajstić information content (AvgIpc) is 3.19. The Morgan fingerprint density at radius 3 is 2.52 bits per heavy atom. The number of benzene rings is 1. The van der Waals surface area contributed by atoms with Gasteiger partial charge in [0.25, 0.3) is 17.2 Å². The van der Waals surface area contributed by atoms with E-state index in [-0.39, 0.29) is 33.3 Å². The first kappa shape index (κ1) is 21.1. The molecule has 170 valence electrons. The molecule has 0 atom stereocenters. The molecule has 10 nitrogen and oxygen atoms in total. The van der Waals surface area contributed by atoms with Gasteiger partial charge >= 0.3 is 0 Å². The fourth-order valence-electron chi connectivity index (χ4n) is 4.45. The number of carbonyl (C=O) groups is 2. The van der Waals surface area contributed by atoms with Gasteiger partial charge in [-0.25, -0.2) is 0 Å². The monoisotopic (exact) mass is 448 g/mol. The Bertz CT molecular complexity index is 1200.